The van der Waals surface area contributed by atoms with Crippen molar-refractivity contribution in [2.24, 2.45) is 5.92 Å². The standard InChI is InChI=1S/C15H22ClNOS/c1-2-4-12-5-3-9-17(10-8-12)11-13(18)14-6-7-15(16)19-14/h6-7,12H,2-5,8-11H2,1H3. The van der Waals surface area contributed by atoms with Gasteiger partial charge < -0.3 is 0 Å². The first-order valence-corrected chi connectivity index (χ1v) is 8.39. The van der Waals surface area contributed by atoms with Gasteiger partial charge in [0.25, 0.3) is 0 Å². The van der Waals surface area contributed by atoms with Crippen LogP contribution >= 0.6 is 22.9 Å². The lowest BCUT2D eigenvalue weighted by atomic mass is 9.96. The quantitative estimate of drug-likeness (QED) is 0.747. The first kappa shape index (κ1) is 15.0. The number of carbonyl (C=O) groups is 1. The predicted octanol–water partition coefficient (Wildman–Crippen LogP) is 4.49. The van der Waals surface area contributed by atoms with E-state index in [2.05, 4.69) is 11.8 Å². The smallest absolute Gasteiger partial charge is 0.186 e. The van der Waals surface area contributed by atoms with Crippen molar-refractivity contribution in [2.45, 2.75) is 39.0 Å². The van der Waals surface area contributed by atoms with E-state index in [1.54, 1.807) is 6.07 Å². The second-order valence-corrected chi connectivity index (χ2v) is 7.10. The van der Waals surface area contributed by atoms with Gasteiger partial charge >= 0.3 is 0 Å². The fourth-order valence-corrected chi connectivity index (χ4v) is 3.80. The molecule has 2 heterocycles. The molecule has 1 saturated heterocycles. The Kier molecular flexibility index (Phi) is 5.86. The Morgan fingerprint density at radius 2 is 2.26 bits per heavy atom. The molecule has 0 amide bonds. The third-order valence-electron chi connectivity index (χ3n) is 3.85. The summed E-state index contributed by atoms with van der Waals surface area (Å²) in [6, 6.07) is 3.65. The second kappa shape index (κ2) is 7.41. The maximum absolute atomic E-state index is 12.2. The van der Waals surface area contributed by atoms with Crippen LogP contribution in [0.5, 0.6) is 0 Å². The summed E-state index contributed by atoms with van der Waals surface area (Å²) < 4.78 is 0.697. The van der Waals surface area contributed by atoms with Crippen molar-refractivity contribution in [2.75, 3.05) is 19.6 Å². The van der Waals surface area contributed by atoms with Crippen LogP contribution in [0.15, 0.2) is 12.1 Å². The van der Waals surface area contributed by atoms with Gasteiger partial charge in [0.15, 0.2) is 5.78 Å². The highest BCUT2D eigenvalue weighted by molar-refractivity contribution is 7.18. The summed E-state index contributed by atoms with van der Waals surface area (Å²) >= 11 is 7.27. The zero-order valence-corrected chi connectivity index (χ0v) is 13.1. The van der Waals surface area contributed by atoms with Crippen LogP contribution in [-0.4, -0.2) is 30.3 Å². The van der Waals surface area contributed by atoms with Crippen LogP contribution in [-0.2, 0) is 0 Å². The van der Waals surface area contributed by atoms with Crippen molar-refractivity contribution in [3.63, 3.8) is 0 Å². The SMILES string of the molecule is CCCC1CCCN(CC(=O)c2ccc(Cl)s2)CC1. The molecule has 2 rings (SSSR count). The van der Waals surface area contributed by atoms with Gasteiger partial charge in [0.2, 0.25) is 0 Å². The number of nitrogens with zero attached hydrogens (tertiary/aromatic N) is 1. The fraction of sp³-hybridized carbons (Fsp3) is 0.667. The second-order valence-electron chi connectivity index (χ2n) is 5.39. The molecule has 0 aliphatic carbocycles. The lowest BCUT2D eigenvalue weighted by Crippen LogP contribution is -2.30. The lowest BCUT2D eigenvalue weighted by molar-refractivity contribution is 0.0936. The number of rotatable bonds is 5. The highest BCUT2D eigenvalue weighted by atomic mass is 35.5. The van der Waals surface area contributed by atoms with Gasteiger partial charge in [0, 0.05) is 0 Å². The van der Waals surface area contributed by atoms with E-state index in [1.165, 1.54) is 43.4 Å². The molecule has 0 bridgehead atoms. The topological polar surface area (TPSA) is 20.3 Å². The molecule has 106 valence electrons. The van der Waals surface area contributed by atoms with E-state index in [0.717, 1.165) is 23.9 Å². The van der Waals surface area contributed by atoms with Crippen LogP contribution in [0.25, 0.3) is 0 Å². The Hall–Kier alpha value is -0.380. The highest BCUT2D eigenvalue weighted by Crippen LogP contribution is 2.24. The molecule has 0 aromatic carbocycles. The lowest BCUT2D eigenvalue weighted by Gasteiger charge is -2.18. The number of hydrogen-bond acceptors (Lipinski definition) is 3. The molecule has 0 radical (unpaired) electrons. The number of thiophene rings is 1. The van der Waals surface area contributed by atoms with Gasteiger partial charge in [-0.05, 0) is 50.4 Å². The Morgan fingerprint density at radius 3 is 2.95 bits per heavy atom. The first-order valence-electron chi connectivity index (χ1n) is 7.20. The summed E-state index contributed by atoms with van der Waals surface area (Å²) in [5.74, 6) is 1.08. The highest BCUT2D eigenvalue weighted by Gasteiger charge is 2.19. The van der Waals surface area contributed by atoms with Crippen LogP contribution in [0.3, 0.4) is 0 Å². The molecule has 0 spiro atoms. The number of halogens is 1. The molecule has 1 aromatic rings. The third kappa shape index (κ3) is 4.59. The molecular formula is C15H22ClNOS. The maximum Gasteiger partial charge on any atom is 0.186 e. The summed E-state index contributed by atoms with van der Waals surface area (Å²) in [5, 5.41) is 0. The summed E-state index contributed by atoms with van der Waals surface area (Å²) in [7, 11) is 0. The number of likely N-dealkylation sites (tertiary alicyclic amines) is 1. The van der Waals surface area contributed by atoms with Gasteiger partial charge in [-0.2, -0.15) is 0 Å². The van der Waals surface area contributed by atoms with Crippen LogP contribution < -0.4 is 0 Å². The van der Waals surface area contributed by atoms with Gasteiger partial charge in [0.1, 0.15) is 0 Å². The predicted molar refractivity (Wildman–Crippen MR) is 82.3 cm³/mol. The number of hydrogen-bond donors (Lipinski definition) is 0. The van der Waals surface area contributed by atoms with Gasteiger partial charge in [-0.3, -0.25) is 9.69 Å². The molecule has 1 aliphatic heterocycles. The van der Waals surface area contributed by atoms with E-state index in [-0.39, 0.29) is 5.78 Å². The average molecular weight is 300 g/mol. The first-order chi connectivity index (χ1) is 9.19. The van der Waals surface area contributed by atoms with Crippen LogP contribution in [0.1, 0.15) is 48.7 Å². The molecule has 1 atom stereocenters. The van der Waals surface area contributed by atoms with Crippen molar-refractivity contribution in [3.8, 4) is 0 Å². The molecule has 1 aliphatic rings. The minimum absolute atomic E-state index is 0.214. The molecule has 0 N–H and O–H groups in total. The van der Waals surface area contributed by atoms with Gasteiger partial charge in [0.05, 0.1) is 15.8 Å². The van der Waals surface area contributed by atoms with Crippen LogP contribution in [0.4, 0.5) is 0 Å². The van der Waals surface area contributed by atoms with Crippen LogP contribution in [0.2, 0.25) is 4.34 Å². The molecule has 2 nitrogen and oxygen atoms in total. The van der Waals surface area contributed by atoms with Gasteiger partial charge in [-0.25, -0.2) is 0 Å². The van der Waals surface area contributed by atoms with Crippen molar-refractivity contribution in [1.29, 1.82) is 0 Å². The van der Waals surface area contributed by atoms with E-state index in [4.69, 9.17) is 11.6 Å². The molecule has 4 heteroatoms. The number of Topliss-reactive ketones (excluding diaryl/α,β-unsaturated/α-hetero) is 1. The number of ketones is 1. The van der Waals surface area contributed by atoms with Gasteiger partial charge in [-0.1, -0.05) is 31.4 Å². The average Bonchev–Trinajstić information content (AvgIpc) is 2.70. The van der Waals surface area contributed by atoms with Crippen molar-refractivity contribution >= 4 is 28.7 Å². The Bertz CT molecular complexity index is 418. The summed E-state index contributed by atoms with van der Waals surface area (Å²) in [4.78, 5) is 15.3. The van der Waals surface area contributed by atoms with Crippen molar-refractivity contribution in [3.05, 3.63) is 21.3 Å². The fourth-order valence-electron chi connectivity index (χ4n) is 2.83. The zero-order valence-electron chi connectivity index (χ0n) is 11.5. The minimum Gasteiger partial charge on any atom is -0.296 e. The van der Waals surface area contributed by atoms with E-state index in [1.807, 2.05) is 6.07 Å². The van der Waals surface area contributed by atoms with Crippen LogP contribution in [0, 0.1) is 5.92 Å². The van der Waals surface area contributed by atoms with E-state index >= 15 is 0 Å². The zero-order chi connectivity index (χ0) is 13.7. The normalized spacial score (nSPS) is 21.3. The summed E-state index contributed by atoms with van der Waals surface area (Å²) in [6.07, 6.45) is 6.40. The third-order valence-corrected chi connectivity index (χ3v) is 5.12. The minimum atomic E-state index is 0.214. The summed E-state index contributed by atoms with van der Waals surface area (Å²) in [5.41, 5.74) is 0. The maximum atomic E-state index is 12.2. The van der Waals surface area contributed by atoms with E-state index < -0.39 is 0 Å². The Labute approximate surface area is 124 Å². The monoisotopic (exact) mass is 299 g/mol. The Balaban J connectivity index is 1.84. The summed E-state index contributed by atoms with van der Waals surface area (Å²) in [6.45, 7) is 4.93. The van der Waals surface area contributed by atoms with Crippen molar-refractivity contribution < 1.29 is 4.79 Å². The largest absolute Gasteiger partial charge is 0.296 e. The molecular weight excluding hydrogens is 278 g/mol. The number of carbonyl (C=O) groups excluding carboxylic acids is 1. The molecule has 1 aromatic heterocycles. The molecule has 1 fully saturated rings. The Morgan fingerprint density at radius 1 is 1.42 bits per heavy atom. The van der Waals surface area contributed by atoms with Gasteiger partial charge in [-0.15, -0.1) is 11.3 Å². The van der Waals surface area contributed by atoms with E-state index in [0.29, 0.717) is 10.9 Å². The molecule has 0 saturated carbocycles. The van der Waals surface area contributed by atoms with E-state index in [9.17, 15) is 4.79 Å². The van der Waals surface area contributed by atoms with Crippen molar-refractivity contribution in [1.82, 2.24) is 4.90 Å². The molecule has 1 unspecified atom stereocenters. The molecule has 19 heavy (non-hydrogen) atoms.